The van der Waals surface area contributed by atoms with Crippen molar-refractivity contribution in [1.29, 1.82) is 0 Å². The average molecular weight is 287 g/mol. The highest BCUT2D eigenvalue weighted by atomic mass is 35.5. The van der Waals surface area contributed by atoms with E-state index in [4.69, 9.17) is 11.6 Å². The van der Waals surface area contributed by atoms with Crippen molar-refractivity contribution in [2.75, 3.05) is 5.32 Å². The summed E-state index contributed by atoms with van der Waals surface area (Å²) in [5.41, 5.74) is 3.27. The lowest BCUT2D eigenvalue weighted by atomic mass is 9.95. The second-order valence-electron chi connectivity index (χ2n) is 4.90. The van der Waals surface area contributed by atoms with Crippen LogP contribution in [0.1, 0.15) is 11.1 Å². The molecule has 20 heavy (non-hydrogen) atoms. The van der Waals surface area contributed by atoms with Crippen molar-refractivity contribution in [3.8, 4) is 0 Å². The first-order chi connectivity index (χ1) is 9.72. The van der Waals surface area contributed by atoms with Crippen molar-refractivity contribution in [3.05, 3.63) is 64.7 Å². The topological polar surface area (TPSA) is 41.1 Å². The Morgan fingerprint density at radius 3 is 2.55 bits per heavy atom. The number of benzene rings is 2. The molecule has 1 heterocycles. The summed E-state index contributed by atoms with van der Waals surface area (Å²) in [6, 6.07) is 15.2. The zero-order valence-electron chi connectivity index (χ0n) is 10.9. The Labute approximate surface area is 123 Å². The summed E-state index contributed by atoms with van der Waals surface area (Å²) in [6.07, 6.45) is 0.718. The zero-order chi connectivity index (χ0) is 13.9. The first-order valence-corrected chi connectivity index (χ1v) is 6.97. The first-order valence-electron chi connectivity index (χ1n) is 6.59. The van der Waals surface area contributed by atoms with E-state index in [0.29, 0.717) is 5.02 Å². The fourth-order valence-corrected chi connectivity index (χ4v) is 2.53. The molecule has 0 unspecified atom stereocenters. The monoisotopic (exact) mass is 286 g/mol. The standard InChI is InChI=1S/C16H15ClN2O/c17-13-5-7-14(8-6-13)19-16(20)15-9-11-3-1-2-4-12(11)10-18-15/h1-8,15,18H,9-10H2,(H,19,20)/t15-/m0/s1. The van der Waals surface area contributed by atoms with E-state index in [9.17, 15) is 4.79 Å². The Hall–Kier alpha value is -1.84. The predicted octanol–water partition coefficient (Wildman–Crippen LogP) is 2.99. The van der Waals surface area contributed by atoms with Crippen molar-refractivity contribution in [3.63, 3.8) is 0 Å². The van der Waals surface area contributed by atoms with Crippen LogP contribution in [0.2, 0.25) is 5.02 Å². The number of amides is 1. The Bertz CT molecular complexity index is 625. The third-order valence-electron chi connectivity index (χ3n) is 3.51. The molecule has 0 bridgehead atoms. The number of nitrogens with one attached hydrogen (secondary N) is 2. The molecule has 0 saturated carbocycles. The van der Waals surface area contributed by atoms with Crippen LogP contribution in [0.4, 0.5) is 5.69 Å². The molecule has 102 valence electrons. The van der Waals surface area contributed by atoms with E-state index >= 15 is 0 Å². The molecule has 1 aliphatic rings. The molecule has 0 aliphatic carbocycles. The number of hydrogen-bond donors (Lipinski definition) is 2. The minimum Gasteiger partial charge on any atom is -0.325 e. The van der Waals surface area contributed by atoms with Gasteiger partial charge in [0, 0.05) is 17.3 Å². The van der Waals surface area contributed by atoms with Gasteiger partial charge in [-0.25, -0.2) is 0 Å². The summed E-state index contributed by atoms with van der Waals surface area (Å²) in [6.45, 7) is 0.731. The zero-order valence-corrected chi connectivity index (χ0v) is 11.7. The minimum absolute atomic E-state index is 0.0122. The number of anilines is 1. The van der Waals surface area contributed by atoms with Crippen LogP contribution in [-0.2, 0) is 17.8 Å². The van der Waals surface area contributed by atoms with Crippen LogP contribution in [0, 0.1) is 0 Å². The van der Waals surface area contributed by atoms with Gasteiger partial charge in [-0.1, -0.05) is 35.9 Å². The van der Waals surface area contributed by atoms with Gasteiger partial charge in [-0.3, -0.25) is 4.79 Å². The highest BCUT2D eigenvalue weighted by Gasteiger charge is 2.23. The summed E-state index contributed by atoms with van der Waals surface area (Å²) in [4.78, 5) is 12.3. The maximum atomic E-state index is 12.3. The van der Waals surface area contributed by atoms with E-state index in [1.165, 1.54) is 11.1 Å². The summed E-state index contributed by atoms with van der Waals surface area (Å²) in [7, 11) is 0. The van der Waals surface area contributed by atoms with E-state index in [0.717, 1.165) is 18.7 Å². The quantitative estimate of drug-likeness (QED) is 0.891. The summed E-state index contributed by atoms with van der Waals surface area (Å²) < 4.78 is 0. The molecule has 0 aromatic heterocycles. The van der Waals surface area contributed by atoms with Gasteiger partial charge in [0.25, 0.3) is 0 Å². The highest BCUT2D eigenvalue weighted by molar-refractivity contribution is 6.30. The summed E-state index contributed by atoms with van der Waals surface area (Å²) >= 11 is 5.83. The van der Waals surface area contributed by atoms with Gasteiger partial charge >= 0.3 is 0 Å². The largest absolute Gasteiger partial charge is 0.325 e. The second-order valence-corrected chi connectivity index (χ2v) is 5.34. The Kier molecular flexibility index (Phi) is 3.72. The smallest absolute Gasteiger partial charge is 0.241 e. The Balaban J connectivity index is 1.68. The fourth-order valence-electron chi connectivity index (χ4n) is 2.40. The van der Waals surface area contributed by atoms with Crippen molar-refractivity contribution < 1.29 is 4.79 Å². The van der Waals surface area contributed by atoms with Crippen molar-refractivity contribution in [1.82, 2.24) is 5.32 Å². The van der Waals surface area contributed by atoms with Gasteiger partial charge in [-0.2, -0.15) is 0 Å². The number of carbonyl (C=O) groups excluding carboxylic acids is 1. The lowest BCUT2D eigenvalue weighted by Gasteiger charge is -2.25. The van der Waals surface area contributed by atoms with E-state index in [1.807, 2.05) is 12.1 Å². The number of rotatable bonds is 2. The molecule has 2 aromatic rings. The number of carbonyl (C=O) groups is 1. The molecule has 0 saturated heterocycles. The van der Waals surface area contributed by atoms with E-state index in [1.54, 1.807) is 24.3 Å². The Morgan fingerprint density at radius 2 is 1.80 bits per heavy atom. The molecular formula is C16H15ClN2O. The number of halogens is 1. The maximum Gasteiger partial charge on any atom is 0.241 e. The van der Waals surface area contributed by atoms with Crippen LogP contribution in [0.3, 0.4) is 0 Å². The third-order valence-corrected chi connectivity index (χ3v) is 3.76. The molecule has 3 nitrogen and oxygen atoms in total. The molecule has 1 amide bonds. The van der Waals surface area contributed by atoms with Gasteiger partial charge in [-0.15, -0.1) is 0 Å². The normalized spacial score (nSPS) is 17.4. The van der Waals surface area contributed by atoms with E-state index in [-0.39, 0.29) is 11.9 Å². The van der Waals surface area contributed by atoms with Gasteiger partial charge in [0.15, 0.2) is 0 Å². The molecule has 0 radical (unpaired) electrons. The van der Waals surface area contributed by atoms with Crippen LogP contribution in [0.25, 0.3) is 0 Å². The van der Waals surface area contributed by atoms with Gasteiger partial charge in [0.2, 0.25) is 5.91 Å². The minimum atomic E-state index is -0.194. The van der Waals surface area contributed by atoms with Crippen LogP contribution in [-0.4, -0.2) is 11.9 Å². The number of fused-ring (bicyclic) bond motifs is 1. The molecule has 1 aliphatic heterocycles. The second kappa shape index (κ2) is 5.65. The summed E-state index contributed by atoms with van der Waals surface area (Å²) in [5, 5.41) is 6.84. The van der Waals surface area contributed by atoms with E-state index < -0.39 is 0 Å². The molecule has 0 fully saturated rings. The molecule has 3 rings (SSSR count). The van der Waals surface area contributed by atoms with Crippen molar-refractivity contribution >= 4 is 23.2 Å². The molecule has 1 atom stereocenters. The van der Waals surface area contributed by atoms with Gasteiger partial charge < -0.3 is 10.6 Å². The molecule has 2 N–H and O–H groups in total. The maximum absolute atomic E-state index is 12.3. The fraction of sp³-hybridized carbons (Fsp3) is 0.188. The highest BCUT2D eigenvalue weighted by Crippen LogP contribution is 2.18. The van der Waals surface area contributed by atoms with Crippen molar-refractivity contribution in [2.45, 2.75) is 19.0 Å². The third kappa shape index (κ3) is 2.84. The Morgan fingerprint density at radius 1 is 1.10 bits per heavy atom. The molecular weight excluding hydrogens is 272 g/mol. The van der Waals surface area contributed by atoms with Gasteiger partial charge in [-0.05, 0) is 41.8 Å². The van der Waals surface area contributed by atoms with Crippen LogP contribution in [0.5, 0.6) is 0 Å². The summed E-state index contributed by atoms with van der Waals surface area (Å²) in [5.74, 6) is -0.0122. The lowest BCUT2D eigenvalue weighted by molar-refractivity contribution is -0.118. The molecule has 4 heteroatoms. The van der Waals surface area contributed by atoms with Crippen LogP contribution < -0.4 is 10.6 Å². The SMILES string of the molecule is O=C(Nc1ccc(Cl)cc1)[C@@H]1Cc2ccccc2CN1. The van der Waals surface area contributed by atoms with Crippen molar-refractivity contribution in [2.24, 2.45) is 0 Å². The average Bonchev–Trinajstić information content (AvgIpc) is 2.49. The van der Waals surface area contributed by atoms with Crippen LogP contribution >= 0.6 is 11.6 Å². The molecule has 0 spiro atoms. The van der Waals surface area contributed by atoms with Gasteiger partial charge in [0.05, 0.1) is 6.04 Å². The predicted molar refractivity (Wildman–Crippen MR) is 80.9 cm³/mol. The number of hydrogen-bond acceptors (Lipinski definition) is 2. The van der Waals surface area contributed by atoms with E-state index in [2.05, 4.69) is 22.8 Å². The first kappa shape index (κ1) is 13.2. The van der Waals surface area contributed by atoms with Gasteiger partial charge in [0.1, 0.15) is 0 Å². The lowest BCUT2D eigenvalue weighted by Crippen LogP contribution is -2.44. The van der Waals surface area contributed by atoms with Crippen LogP contribution in [0.15, 0.2) is 48.5 Å². The molecule has 2 aromatic carbocycles.